The van der Waals surface area contributed by atoms with Crippen molar-refractivity contribution in [3.05, 3.63) is 65.3 Å². The third-order valence-electron chi connectivity index (χ3n) is 4.44. The Hall–Kier alpha value is -3.02. The van der Waals surface area contributed by atoms with Crippen molar-refractivity contribution in [1.29, 1.82) is 0 Å². The van der Waals surface area contributed by atoms with Crippen molar-refractivity contribution >= 4 is 5.91 Å². The van der Waals surface area contributed by atoms with E-state index in [1.165, 1.54) is 0 Å². The van der Waals surface area contributed by atoms with Crippen LogP contribution in [0.5, 0.6) is 0 Å². The van der Waals surface area contributed by atoms with E-state index in [-0.39, 0.29) is 11.9 Å². The molecular weight excluding hydrogens is 340 g/mol. The number of benzene rings is 1. The molecule has 0 aliphatic rings. The number of rotatable bonds is 7. The molecule has 0 bridgehead atoms. The maximum Gasteiger partial charge on any atom is 0.227 e. The Morgan fingerprint density at radius 1 is 1.15 bits per heavy atom. The molecule has 3 aromatic rings. The maximum absolute atomic E-state index is 12.2. The SMILES string of the molecule is Cc1ccccc1-c1noc(CCC(=O)N[C@H](C)Cc2ncccc2C)n1. The van der Waals surface area contributed by atoms with Crippen LogP contribution in [0.4, 0.5) is 0 Å². The van der Waals surface area contributed by atoms with E-state index < -0.39 is 0 Å². The molecule has 1 aromatic carbocycles. The molecule has 0 spiro atoms. The molecule has 0 aliphatic carbocycles. The van der Waals surface area contributed by atoms with Gasteiger partial charge in [-0.05, 0) is 38.0 Å². The van der Waals surface area contributed by atoms with Crippen LogP contribution in [0.25, 0.3) is 11.4 Å². The van der Waals surface area contributed by atoms with Gasteiger partial charge in [-0.25, -0.2) is 0 Å². The number of aryl methyl sites for hydroxylation is 3. The predicted octanol–water partition coefficient (Wildman–Crippen LogP) is 3.43. The minimum atomic E-state index is -0.0354. The maximum atomic E-state index is 12.2. The Bertz CT molecular complexity index is 920. The highest BCUT2D eigenvalue weighted by Crippen LogP contribution is 2.20. The van der Waals surface area contributed by atoms with Gasteiger partial charge in [-0.1, -0.05) is 35.5 Å². The van der Waals surface area contributed by atoms with Gasteiger partial charge in [0.1, 0.15) is 0 Å². The molecule has 27 heavy (non-hydrogen) atoms. The zero-order chi connectivity index (χ0) is 19.2. The second-order valence-corrected chi connectivity index (χ2v) is 6.77. The van der Waals surface area contributed by atoms with Crippen molar-refractivity contribution in [2.45, 2.75) is 46.1 Å². The van der Waals surface area contributed by atoms with Crippen molar-refractivity contribution in [2.24, 2.45) is 0 Å². The Morgan fingerprint density at radius 3 is 2.70 bits per heavy atom. The van der Waals surface area contributed by atoms with Crippen LogP contribution in [-0.4, -0.2) is 27.1 Å². The predicted molar refractivity (Wildman–Crippen MR) is 103 cm³/mol. The van der Waals surface area contributed by atoms with E-state index in [4.69, 9.17) is 4.52 Å². The molecule has 2 aromatic heterocycles. The average Bonchev–Trinajstić information content (AvgIpc) is 3.11. The standard InChI is InChI=1S/C21H24N4O2/c1-14-7-4-5-9-17(14)21-24-20(27-25-21)11-10-19(26)23-16(3)13-18-15(2)8-6-12-22-18/h4-9,12,16H,10-11,13H2,1-3H3,(H,23,26)/t16-/m1/s1. The van der Waals surface area contributed by atoms with Gasteiger partial charge < -0.3 is 9.84 Å². The highest BCUT2D eigenvalue weighted by atomic mass is 16.5. The zero-order valence-electron chi connectivity index (χ0n) is 15.9. The van der Waals surface area contributed by atoms with Gasteiger partial charge >= 0.3 is 0 Å². The summed E-state index contributed by atoms with van der Waals surface area (Å²) in [6.45, 7) is 6.01. The summed E-state index contributed by atoms with van der Waals surface area (Å²) in [5.74, 6) is 0.992. The first-order valence-corrected chi connectivity index (χ1v) is 9.11. The topological polar surface area (TPSA) is 80.9 Å². The lowest BCUT2D eigenvalue weighted by Crippen LogP contribution is -2.34. The second-order valence-electron chi connectivity index (χ2n) is 6.77. The molecule has 1 N–H and O–H groups in total. The van der Waals surface area contributed by atoms with Gasteiger partial charge in [0.2, 0.25) is 17.6 Å². The Labute approximate surface area is 159 Å². The lowest BCUT2D eigenvalue weighted by atomic mass is 10.1. The van der Waals surface area contributed by atoms with Crippen molar-refractivity contribution < 1.29 is 9.32 Å². The van der Waals surface area contributed by atoms with Crippen LogP contribution in [0.1, 0.15) is 36.1 Å². The van der Waals surface area contributed by atoms with Crippen molar-refractivity contribution in [3.63, 3.8) is 0 Å². The first-order valence-electron chi connectivity index (χ1n) is 9.11. The van der Waals surface area contributed by atoms with E-state index in [0.29, 0.717) is 31.0 Å². The van der Waals surface area contributed by atoms with Gasteiger partial charge in [-0.3, -0.25) is 9.78 Å². The molecule has 0 aliphatic heterocycles. The number of nitrogens with one attached hydrogen (secondary N) is 1. The third-order valence-corrected chi connectivity index (χ3v) is 4.44. The van der Waals surface area contributed by atoms with Gasteiger partial charge in [0, 0.05) is 42.8 Å². The average molecular weight is 364 g/mol. The number of carbonyl (C=O) groups is 1. The van der Waals surface area contributed by atoms with E-state index in [2.05, 4.69) is 20.4 Å². The van der Waals surface area contributed by atoms with Crippen molar-refractivity contribution in [1.82, 2.24) is 20.4 Å². The van der Waals surface area contributed by atoms with Gasteiger partial charge in [0.05, 0.1) is 0 Å². The highest BCUT2D eigenvalue weighted by molar-refractivity contribution is 5.76. The van der Waals surface area contributed by atoms with Crippen LogP contribution in [-0.2, 0) is 17.6 Å². The van der Waals surface area contributed by atoms with Crippen molar-refractivity contribution in [3.8, 4) is 11.4 Å². The third kappa shape index (κ3) is 5.00. The fourth-order valence-electron chi connectivity index (χ4n) is 2.93. The summed E-state index contributed by atoms with van der Waals surface area (Å²) >= 11 is 0. The number of carbonyl (C=O) groups excluding carboxylic acids is 1. The number of amides is 1. The summed E-state index contributed by atoms with van der Waals surface area (Å²) in [7, 11) is 0. The minimum absolute atomic E-state index is 0.0105. The molecule has 3 rings (SSSR count). The van der Waals surface area contributed by atoms with Gasteiger partial charge in [0.15, 0.2) is 0 Å². The smallest absolute Gasteiger partial charge is 0.227 e. The number of hydrogen-bond acceptors (Lipinski definition) is 5. The summed E-state index contributed by atoms with van der Waals surface area (Å²) < 4.78 is 5.29. The van der Waals surface area contributed by atoms with Crippen LogP contribution in [0.15, 0.2) is 47.1 Å². The molecule has 6 nitrogen and oxygen atoms in total. The number of aromatic nitrogens is 3. The molecule has 1 amide bonds. The number of nitrogens with zero attached hydrogens (tertiary/aromatic N) is 3. The lowest BCUT2D eigenvalue weighted by Gasteiger charge is -2.14. The van der Waals surface area contributed by atoms with Crippen LogP contribution in [0.2, 0.25) is 0 Å². The Kier molecular flexibility index (Phi) is 5.96. The first kappa shape index (κ1) is 18.8. The number of pyridine rings is 1. The molecule has 0 saturated carbocycles. The van der Waals surface area contributed by atoms with Crippen molar-refractivity contribution in [2.75, 3.05) is 0 Å². The molecule has 0 unspecified atom stereocenters. The van der Waals surface area contributed by atoms with E-state index in [0.717, 1.165) is 22.4 Å². The Balaban J connectivity index is 1.51. The van der Waals surface area contributed by atoms with E-state index in [1.54, 1.807) is 6.20 Å². The fourth-order valence-corrected chi connectivity index (χ4v) is 2.93. The van der Waals surface area contributed by atoms with Crippen LogP contribution in [0.3, 0.4) is 0 Å². The normalized spacial score (nSPS) is 12.0. The molecule has 1 atom stereocenters. The van der Waals surface area contributed by atoms with Crippen LogP contribution < -0.4 is 5.32 Å². The molecule has 0 fully saturated rings. The van der Waals surface area contributed by atoms with Crippen LogP contribution in [0, 0.1) is 13.8 Å². The first-order chi connectivity index (χ1) is 13.0. The monoisotopic (exact) mass is 364 g/mol. The molecule has 0 saturated heterocycles. The molecule has 6 heteroatoms. The lowest BCUT2D eigenvalue weighted by molar-refractivity contribution is -0.121. The van der Waals surface area contributed by atoms with E-state index in [9.17, 15) is 4.79 Å². The largest absolute Gasteiger partial charge is 0.353 e. The van der Waals surface area contributed by atoms with Gasteiger partial charge in [-0.15, -0.1) is 0 Å². The van der Waals surface area contributed by atoms with Crippen LogP contribution >= 0.6 is 0 Å². The van der Waals surface area contributed by atoms with Gasteiger partial charge in [-0.2, -0.15) is 4.98 Å². The zero-order valence-corrected chi connectivity index (χ0v) is 15.9. The number of hydrogen-bond donors (Lipinski definition) is 1. The van der Waals surface area contributed by atoms with E-state index >= 15 is 0 Å². The van der Waals surface area contributed by atoms with E-state index in [1.807, 2.05) is 57.2 Å². The molecule has 0 radical (unpaired) electrons. The Morgan fingerprint density at radius 2 is 1.93 bits per heavy atom. The highest BCUT2D eigenvalue weighted by Gasteiger charge is 2.14. The summed E-state index contributed by atoms with van der Waals surface area (Å²) in [6, 6.07) is 11.8. The molecular formula is C21H24N4O2. The van der Waals surface area contributed by atoms with Gasteiger partial charge in [0.25, 0.3) is 0 Å². The summed E-state index contributed by atoms with van der Waals surface area (Å²) in [6.07, 6.45) is 3.20. The molecule has 2 heterocycles. The summed E-state index contributed by atoms with van der Waals surface area (Å²) in [5, 5.41) is 7.03. The quantitative estimate of drug-likeness (QED) is 0.695. The summed E-state index contributed by atoms with van der Waals surface area (Å²) in [5.41, 5.74) is 4.16. The fraction of sp³-hybridized carbons (Fsp3) is 0.333. The minimum Gasteiger partial charge on any atom is -0.353 e. The summed E-state index contributed by atoms with van der Waals surface area (Å²) in [4.78, 5) is 21.0. The second kappa shape index (κ2) is 8.58. The molecule has 140 valence electrons.